The van der Waals surface area contributed by atoms with Crippen molar-refractivity contribution < 1.29 is 5.11 Å². The normalized spacial score (nSPS) is 21.5. The maximum absolute atomic E-state index is 10.3. The summed E-state index contributed by atoms with van der Waals surface area (Å²) in [6.45, 7) is 6.51. The van der Waals surface area contributed by atoms with Crippen LogP contribution in [0, 0.1) is 0 Å². The summed E-state index contributed by atoms with van der Waals surface area (Å²) in [5.74, 6) is 0.819. The Bertz CT molecular complexity index is 718. The van der Waals surface area contributed by atoms with Gasteiger partial charge in [0.05, 0.1) is 0 Å². The number of benzene rings is 2. The van der Waals surface area contributed by atoms with Crippen LogP contribution in [0.2, 0.25) is 5.02 Å². The molecule has 23 heavy (non-hydrogen) atoms. The molecule has 1 N–H and O–H groups in total. The molecule has 2 atom stereocenters. The Morgan fingerprint density at radius 2 is 1.87 bits per heavy atom. The fourth-order valence-corrected chi connectivity index (χ4v) is 4.20. The molecule has 1 fully saturated rings. The Labute approximate surface area is 150 Å². The molecule has 1 aliphatic rings. The summed E-state index contributed by atoms with van der Waals surface area (Å²) in [7, 11) is 0. The van der Waals surface area contributed by atoms with Crippen molar-refractivity contribution in [3.8, 4) is 5.75 Å². The SMILES string of the molecule is C=CCN1C[C@@H](c2cc(Cl)ccc2O)[C@H](c2ccccc2Br)C1. The molecule has 0 spiro atoms. The number of likely N-dealkylation sites (tertiary alicyclic amines) is 1. The second-order valence-corrected chi connectivity index (χ2v) is 7.24. The molecule has 1 saturated heterocycles. The van der Waals surface area contributed by atoms with E-state index >= 15 is 0 Å². The van der Waals surface area contributed by atoms with E-state index in [1.54, 1.807) is 12.1 Å². The van der Waals surface area contributed by atoms with Crippen molar-refractivity contribution in [2.45, 2.75) is 11.8 Å². The summed E-state index contributed by atoms with van der Waals surface area (Å²) >= 11 is 9.84. The van der Waals surface area contributed by atoms with Crippen LogP contribution in [-0.4, -0.2) is 29.6 Å². The lowest BCUT2D eigenvalue weighted by molar-refractivity contribution is 0.367. The molecule has 1 heterocycles. The number of hydrogen-bond acceptors (Lipinski definition) is 2. The standard InChI is InChI=1S/C19H19BrClNO/c1-2-9-22-11-16(14-5-3-4-6-18(14)20)17(12-22)15-10-13(21)7-8-19(15)23/h2-8,10,16-17,23H,1,9,11-12H2/t16-,17-/m0/s1. The van der Waals surface area contributed by atoms with Crippen LogP contribution in [-0.2, 0) is 0 Å². The summed E-state index contributed by atoms with van der Waals surface area (Å²) in [5.41, 5.74) is 2.19. The molecule has 0 aromatic heterocycles. The van der Waals surface area contributed by atoms with Crippen molar-refractivity contribution in [1.82, 2.24) is 4.90 Å². The van der Waals surface area contributed by atoms with E-state index in [2.05, 4.69) is 45.6 Å². The van der Waals surface area contributed by atoms with Gasteiger partial charge in [0.15, 0.2) is 0 Å². The lowest BCUT2D eigenvalue weighted by Gasteiger charge is -2.21. The van der Waals surface area contributed by atoms with Crippen LogP contribution in [0.5, 0.6) is 5.75 Å². The molecule has 2 nitrogen and oxygen atoms in total. The van der Waals surface area contributed by atoms with Crippen LogP contribution in [0.15, 0.2) is 59.6 Å². The van der Waals surface area contributed by atoms with Gasteiger partial charge in [0, 0.05) is 46.5 Å². The minimum Gasteiger partial charge on any atom is -0.508 e. The van der Waals surface area contributed by atoms with Gasteiger partial charge in [-0.1, -0.05) is 51.8 Å². The highest BCUT2D eigenvalue weighted by Crippen LogP contribution is 2.45. The Balaban J connectivity index is 2.02. The number of rotatable bonds is 4. The van der Waals surface area contributed by atoms with Crippen molar-refractivity contribution in [2.75, 3.05) is 19.6 Å². The summed E-state index contributed by atoms with van der Waals surface area (Å²) in [4.78, 5) is 2.36. The number of phenols is 1. The van der Waals surface area contributed by atoms with Gasteiger partial charge in [-0.2, -0.15) is 0 Å². The smallest absolute Gasteiger partial charge is 0.119 e. The van der Waals surface area contributed by atoms with Gasteiger partial charge in [-0.3, -0.25) is 4.90 Å². The van der Waals surface area contributed by atoms with E-state index in [1.807, 2.05) is 18.2 Å². The van der Waals surface area contributed by atoms with E-state index in [4.69, 9.17) is 11.6 Å². The molecule has 0 bridgehead atoms. The van der Waals surface area contributed by atoms with Crippen molar-refractivity contribution in [3.05, 3.63) is 75.7 Å². The Hall–Kier alpha value is -1.29. The predicted molar refractivity (Wildman–Crippen MR) is 99.4 cm³/mol. The van der Waals surface area contributed by atoms with Gasteiger partial charge < -0.3 is 5.11 Å². The Morgan fingerprint density at radius 1 is 1.17 bits per heavy atom. The van der Waals surface area contributed by atoms with Crippen LogP contribution in [0.3, 0.4) is 0 Å². The molecule has 4 heteroatoms. The van der Waals surface area contributed by atoms with E-state index in [0.29, 0.717) is 16.7 Å². The van der Waals surface area contributed by atoms with E-state index in [1.165, 1.54) is 5.56 Å². The summed E-state index contributed by atoms with van der Waals surface area (Å²) in [6.07, 6.45) is 1.93. The first-order chi connectivity index (χ1) is 11.1. The maximum atomic E-state index is 10.3. The third-order valence-electron chi connectivity index (χ3n) is 4.48. The molecular weight excluding hydrogens is 374 g/mol. The quantitative estimate of drug-likeness (QED) is 0.725. The highest BCUT2D eigenvalue weighted by Gasteiger charge is 2.36. The first-order valence-electron chi connectivity index (χ1n) is 7.66. The van der Waals surface area contributed by atoms with Crippen molar-refractivity contribution >= 4 is 27.5 Å². The zero-order valence-electron chi connectivity index (χ0n) is 12.8. The van der Waals surface area contributed by atoms with E-state index in [9.17, 15) is 5.11 Å². The number of nitrogens with zero attached hydrogens (tertiary/aromatic N) is 1. The molecule has 3 rings (SSSR count). The van der Waals surface area contributed by atoms with Crippen LogP contribution in [0.25, 0.3) is 0 Å². The lowest BCUT2D eigenvalue weighted by Crippen LogP contribution is -2.20. The topological polar surface area (TPSA) is 23.5 Å². The number of halogens is 2. The average Bonchev–Trinajstić information content (AvgIpc) is 2.94. The fourth-order valence-electron chi connectivity index (χ4n) is 3.45. The third-order valence-corrected chi connectivity index (χ3v) is 5.43. The molecule has 0 amide bonds. The van der Waals surface area contributed by atoms with Crippen LogP contribution in [0.1, 0.15) is 23.0 Å². The Kier molecular flexibility index (Phi) is 5.10. The predicted octanol–water partition coefficient (Wildman–Crippen LogP) is 5.18. The van der Waals surface area contributed by atoms with E-state index < -0.39 is 0 Å². The van der Waals surface area contributed by atoms with Gasteiger partial charge in [-0.05, 0) is 29.8 Å². The average molecular weight is 393 g/mol. The van der Waals surface area contributed by atoms with E-state index in [-0.39, 0.29) is 5.92 Å². The van der Waals surface area contributed by atoms with Crippen molar-refractivity contribution in [3.63, 3.8) is 0 Å². The molecule has 0 unspecified atom stereocenters. The number of hydrogen-bond donors (Lipinski definition) is 1. The van der Waals surface area contributed by atoms with Gasteiger partial charge in [-0.15, -0.1) is 6.58 Å². The summed E-state index contributed by atoms with van der Waals surface area (Å²) < 4.78 is 1.11. The molecule has 1 aliphatic heterocycles. The van der Waals surface area contributed by atoms with Gasteiger partial charge in [0.25, 0.3) is 0 Å². The van der Waals surface area contributed by atoms with Gasteiger partial charge >= 0.3 is 0 Å². The third kappa shape index (κ3) is 3.47. The van der Waals surface area contributed by atoms with Crippen molar-refractivity contribution in [1.29, 1.82) is 0 Å². The lowest BCUT2D eigenvalue weighted by atomic mass is 9.84. The summed E-state index contributed by atoms with van der Waals surface area (Å²) in [5, 5.41) is 11.0. The van der Waals surface area contributed by atoms with Gasteiger partial charge in [0.1, 0.15) is 5.75 Å². The number of phenolic OH excluding ortho intramolecular Hbond substituents is 1. The molecule has 0 aliphatic carbocycles. The largest absolute Gasteiger partial charge is 0.508 e. The van der Waals surface area contributed by atoms with Crippen molar-refractivity contribution in [2.24, 2.45) is 0 Å². The molecule has 2 aromatic rings. The first kappa shape index (κ1) is 16.6. The van der Waals surface area contributed by atoms with Gasteiger partial charge in [0.2, 0.25) is 0 Å². The second kappa shape index (κ2) is 7.08. The van der Waals surface area contributed by atoms with Crippen LogP contribution < -0.4 is 0 Å². The highest BCUT2D eigenvalue weighted by atomic mass is 79.9. The zero-order valence-corrected chi connectivity index (χ0v) is 15.1. The number of aromatic hydroxyl groups is 1. The van der Waals surface area contributed by atoms with E-state index in [0.717, 1.165) is 29.7 Å². The highest BCUT2D eigenvalue weighted by molar-refractivity contribution is 9.10. The summed E-state index contributed by atoms with van der Waals surface area (Å²) in [6, 6.07) is 13.6. The molecule has 120 valence electrons. The molecule has 0 saturated carbocycles. The second-order valence-electron chi connectivity index (χ2n) is 5.94. The fraction of sp³-hybridized carbons (Fsp3) is 0.263. The molecular formula is C19H19BrClNO. The minimum absolute atomic E-state index is 0.201. The van der Waals surface area contributed by atoms with Crippen LogP contribution >= 0.6 is 27.5 Å². The monoisotopic (exact) mass is 391 g/mol. The minimum atomic E-state index is 0.201. The zero-order chi connectivity index (χ0) is 16.4. The Morgan fingerprint density at radius 3 is 2.57 bits per heavy atom. The molecule has 2 aromatic carbocycles. The van der Waals surface area contributed by atoms with Gasteiger partial charge in [-0.25, -0.2) is 0 Å². The van der Waals surface area contributed by atoms with Crippen LogP contribution in [0.4, 0.5) is 0 Å². The molecule has 0 radical (unpaired) electrons. The first-order valence-corrected chi connectivity index (χ1v) is 8.83. The maximum Gasteiger partial charge on any atom is 0.119 e.